The monoisotopic (exact) mass is 444 g/mol. The number of H-pyrrole nitrogens is 1. The average Bonchev–Trinajstić information content (AvgIpc) is 3.28. The van der Waals surface area contributed by atoms with E-state index in [2.05, 4.69) is 10.3 Å². The zero-order valence-corrected chi connectivity index (χ0v) is 18.4. The van der Waals surface area contributed by atoms with E-state index in [-0.39, 0.29) is 31.0 Å². The van der Waals surface area contributed by atoms with E-state index in [4.69, 9.17) is 9.84 Å². The summed E-state index contributed by atoms with van der Waals surface area (Å²) in [6.45, 7) is 3.68. The summed E-state index contributed by atoms with van der Waals surface area (Å²) in [6.07, 6.45) is 1.80. The topological polar surface area (TPSA) is 108 Å². The van der Waals surface area contributed by atoms with Gasteiger partial charge in [-0.15, -0.1) is 0 Å². The first kappa shape index (κ1) is 22.1. The number of carboxylic acids is 1. The fourth-order valence-corrected chi connectivity index (χ4v) is 4.03. The minimum Gasteiger partial charge on any atom is -0.481 e. The van der Waals surface area contributed by atoms with Crippen molar-refractivity contribution in [1.29, 1.82) is 0 Å². The van der Waals surface area contributed by atoms with Crippen molar-refractivity contribution < 1.29 is 24.2 Å². The van der Waals surface area contributed by atoms with Crippen LogP contribution in [-0.2, 0) is 20.7 Å². The number of rotatable bonds is 7. The predicted molar refractivity (Wildman–Crippen MR) is 126 cm³/mol. The second-order valence-corrected chi connectivity index (χ2v) is 7.77. The molecule has 0 fully saturated rings. The number of aromatic nitrogens is 1. The molecule has 7 heteroatoms. The second-order valence-electron chi connectivity index (χ2n) is 7.77. The van der Waals surface area contributed by atoms with E-state index >= 15 is 0 Å². The first-order valence-electron chi connectivity index (χ1n) is 10.7. The number of hydrogen-bond acceptors (Lipinski definition) is 4. The van der Waals surface area contributed by atoms with E-state index in [0.29, 0.717) is 28.1 Å². The lowest BCUT2D eigenvalue weighted by Crippen LogP contribution is -2.07. The molecular formula is C26H24N2O5. The van der Waals surface area contributed by atoms with E-state index in [0.717, 1.165) is 16.7 Å². The number of carbonyl (C=O) groups excluding carboxylic acids is 2. The Morgan fingerprint density at radius 1 is 1.09 bits per heavy atom. The number of esters is 1. The Bertz CT molecular complexity index is 1270. The molecule has 1 aromatic heterocycles. The number of nitrogens with one attached hydrogen (secondary N) is 2. The molecule has 0 unspecified atom stereocenters. The summed E-state index contributed by atoms with van der Waals surface area (Å²) in [6, 6.07) is 15.6. The highest BCUT2D eigenvalue weighted by atomic mass is 16.5. The number of aliphatic carboxylic acids is 1. The largest absolute Gasteiger partial charge is 0.481 e. The summed E-state index contributed by atoms with van der Waals surface area (Å²) in [5, 5.41) is 12.1. The Hall–Kier alpha value is -4.13. The molecule has 0 spiro atoms. The highest BCUT2D eigenvalue weighted by Gasteiger charge is 2.26. The van der Waals surface area contributed by atoms with Gasteiger partial charge in [0.15, 0.2) is 0 Å². The van der Waals surface area contributed by atoms with Gasteiger partial charge in [0.05, 0.1) is 12.2 Å². The van der Waals surface area contributed by atoms with Gasteiger partial charge in [-0.2, -0.15) is 0 Å². The number of aromatic amines is 1. The van der Waals surface area contributed by atoms with Gasteiger partial charge < -0.3 is 20.1 Å². The molecule has 33 heavy (non-hydrogen) atoms. The average molecular weight is 444 g/mol. The minimum atomic E-state index is -0.940. The van der Waals surface area contributed by atoms with Crippen LogP contribution in [-0.4, -0.2) is 34.5 Å². The summed E-state index contributed by atoms with van der Waals surface area (Å²) in [4.78, 5) is 39.4. The van der Waals surface area contributed by atoms with Crippen LogP contribution in [0.5, 0.6) is 0 Å². The Kier molecular flexibility index (Phi) is 6.13. The summed E-state index contributed by atoms with van der Waals surface area (Å²) in [5.41, 5.74) is 6.01. The molecule has 2 aromatic carbocycles. The third-order valence-electron chi connectivity index (χ3n) is 5.68. The number of carbonyl (C=O) groups is 3. The van der Waals surface area contributed by atoms with Gasteiger partial charge in [0, 0.05) is 23.4 Å². The number of anilines is 1. The Morgan fingerprint density at radius 2 is 1.85 bits per heavy atom. The first-order valence-corrected chi connectivity index (χ1v) is 10.7. The molecular weight excluding hydrogens is 420 g/mol. The van der Waals surface area contributed by atoms with Gasteiger partial charge in [-0.25, -0.2) is 4.79 Å². The minimum absolute atomic E-state index is 0.0969. The van der Waals surface area contributed by atoms with Crippen LogP contribution < -0.4 is 5.32 Å². The van der Waals surface area contributed by atoms with Gasteiger partial charge in [0.2, 0.25) is 0 Å². The first-order chi connectivity index (χ1) is 15.9. The summed E-state index contributed by atoms with van der Waals surface area (Å²) < 4.78 is 5.12. The van der Waals surface area contributed by atoms with Crippen LogP contribution >= 0.6 is 0 Å². The molecule has 3 aromatic rings. The maximum atomic E-state index is 12.8. The quantitative estimate of drug-likeness (QED) is 0.362. The zero-order valence-electron chi connectivity index (χ0n) is 18.4. The van der Waals surface area contributed by atoms with Crippen molar-refractivity contribution >= 4 is 35.2 Å². The molecule has 7 nitrogen and oxygen atoms in total. The van der Waals surface area contributed by atoms with Crippen molar-refractivity contribution in [2.75, 3.05) is 11.9 Å². The van der Waals surface area contributed by atoms with Crippen molar-refractivity contribution in [3.8, 4) is 11.1 Å². The lowest BCUT2D eigenvalue weighted by atomic mass is 9.98. The molecule has 1 aliphatic rings. The van der Waals surface area contributed by atoms with Crippen LogP contribution in [0.1, 0.15) is 46.2 Å². The number of hydrogen-bond donors (Lipinski definition) is 3. The highest BCUT2D eigenvalue weighted by Crippen LogP contribution is 2.37. The molecule has 1 aliphatic heterocycles. The lowest BCUT2D eigenvalue weighted by molar-refractivity contribution is -0.137. The van der Waals surface area contributed by atoms with Gasteiger partial charge in [-0.1, -0.05) is 42.5 Å². The molecule has 0 atom stereocenters. The zero-order chi connectivity index (χ0) is 23.5. The SMILES string of the molecule is CCOC(=O)c1[nH]c(C=C2C(=O)Nc3cc(-c4ccccc4)ccc32)c(CCC(=O)O)c1C. The number of amides is 1. The third-order valence-corrected chi connectivity index (χ3v) is 5.68. The van der Waals surface area contributed by atoms with Crippen molar-refractivity contribution in [2.24, 2.45) is 0 Å². The molecule has 0 saturated heterocycles. The van der Waals surface area contributed by atoms with Crippen LogP contribution in [0.15, 0.2) is 48.5 Å². The maximum absolute atomic E-state index is 12.8. The number of carboxylic acid groups (broad SMARTS) is 1. The van der Waals surface area contributed by atoms with Gasteiger partial charge in [0.25, 0.3) is 5.91 Å². The van der Waals surface area contributed by atoms with Crippen LogP contribution in [0, 0.1) is 6.92 Å². The normalized spacial score (nSPS) is 13.6. The van der Waals surface area contributed by atoms with Gasteiger partial charge >= 0.3 is 11.9 Å². The molecule has 0 bridgehead atoms. The van der Waals surface area contributed by atoms with E-state index < -0.39 is 11.9 Å². The van der Waals surface area contributed by atoms with Crippen molar-refractivity contribution in [2.45, 2.75) is 26.7 Å². The van der Waals surface area contributed by atoms with E-state index in [1.54, 1.807) is 19.9 Å². The van der Waals surface area contributed by atoms with Crippen molar-refractivity contribution in [3.63, 3.8) is 0 Å². The van der Waals surface area contributed by atoms with Gasteiger partial charge in [-0.05, 0) is 54.7 Å². The number of benzene rings is 2. The summed E-state index contributed by atoms with van der Waals surface area (Å²) in [7, 11) is 0. The fourth-order valence-electron chi connectivity index (χ4n) is 4.03. The van der Waals surface area contributed by atoms with Gasteiger partial charge in [0.1, 0.15) is 5.69 Å². The molecule has 0 aliphatic carbocycles. The number of fused-ring (bicyclic) bond motifs is 1. The van der Waals surface area contributed by atoms with E-state index in [1.165, 1.54) is 0 Å². The van der Waals surface area contributed by atoms with E-state index in [1.807, 2.05) is 48.5 Å². The molecule has 0 radical (unpaired) electrons. The second kappa shape index (κ2) is 9.16. The molecule has 1 amide bonds. The standard InChI is InChI=1S/C26H24N2O5/c1-3-33-26(32)24-15(2)18(11-12-23(29)30)22(27-24)14-20-19-10-9-17(13-21(19)28-25(20)31)16-7-5-4-6-8-16/h4-10,13-14,27H,3,11-12H2,1-2H3,(H,28,31)(H,29,30). The lowest BCUT2D eigenvalue weighted by Gasteiger charge is -2.05. The molecule has 2 heterocycles. The van der Waals surface area contributed by atoms with E-state index in [9.17, 15) is 14.4 Å². The Labute approximate surface area is 191 Å². The predicted octanol–water partition coefficient (Wildman–Crippen LogP) is 4.68. The van der Waals surface area contributed by atoms with Crippen LogP contribution in [0.3, 0.4) is 0 Å². The summed E-state index contributed by atoms with van der Waals surface area (Å²) in [5.74, 6) is -1.71. The molecule has 4 rings (SSSR count). The Morgan fingerprint density at radius 3 is 2.55 bits per heavy atom. The van der Waals surface area contributed by atoms with Crippen molar-refractivity contribution in [3.05, 3.63) is 76.6 Å². The summed E-state index contributed by atoms with van der Waals surface area (Å²) >= 11 is 0. The maximum Gasteiger partial charge on any atom is 0.355 e. The Balaban J connectivity index is 1.76. The van der Waals surface area contributed by atoms with Crippen LogP contribution in [0.2, 0.25) is 0 Å². The molecule has 3 N–H and O–H groups in total. The van der Waals surface area contributed by atoms with Crippen molar-refractivity contribution in [1.82, 2.24) is 4.98 Å². The molecule has 0 saturated carbocycles. The fraction of sp³-hybridized carbons (Fsp3) is 0.192. The molecule has 168 valence electrons. The van der Waals surface area contributed by atoms with Crippen LogP contribution in [0.4, 0.5) is 5.69 Å². The van der Waals surface area contributed by atoms with Gasteiger partial charge in [-0.3, -0.25) is 9.59 Å². The highest BCUT2D eigenvalue weighted by molar-refractivity contribution is 6.35. The smallest absolute Gasteiger partial charge is 0.355 e. The van der Waals surface area contributed by atoms with Crippen LogP contribution in [0.25, 0.3) is 22.8 Å². The third kappa shape index (κ3) is 4.43. The number of ether oxygens (including phenoxy) is 1.